The highest BCUT2D eigenvalue weighted by molar-refractivity contribution is 9.10. The van der Waals surface area contributed by atoms with Crippen LogP contribution in [0.3, 0.4) is 0 Å². The van der Waals surface area contributed by atoms with Gasteiger partial charge in [0, 0.05) is 29.5 Å². The molecule has 0 bridgehead atoms. The van der Waals surface area contributed by atoms with Crippen molar-refractivity contribution in [2.75, 3.05) is 25.1 Å². The van der Waals surface area contributed by atoms with Crippen molar-refractivity contribution in [3.05, 3.63) is 45.1 Å². The summed E-state index contributed by atoms with van der Waals surface area (Å²) in [6.45, 7) is 2.17. The van der Waals surface area contributed by atoms with E-state index in [0.717, 1.165) is 79.6 Å². The van der Waals surface area contributed by atoms with E-state index in [1.54, 1.807) is 7.11 Å². The Bertz CT molecular complexity index is 954. The molecule has 1 aromatic heterocycles. The molecular weight excluding hydrogens is 446 g/mol. The van der Waals surface area contributed by atoms with Crippen LogP contribution in [0.2, 0.25) is 0 Å². The fourth-order valence-electron chi connectivity index (χ4n) is 5.19. The predicted molar refractivity (Wildman–Crippen MR) is 118 cm³/mol. The second-order valence-electron chi connectivity index (χ2n) is 8.65. The van der Waals surface area contributed by atoms with Crippen molar-refractivity contribution in [3.63, 3.8) is 0 Å². The van der Waals surface area contributed by atoms with E-state index in [4.69, 9.17) is 19.4 Å². The third kappa shape index (κ3) is 3.61. The van der Waals surface area contributed by atoms with Crippen molar-refractivity contribution >= 4 is 21.7 Å². The number of hydrogen-bond acceptors (Lipinski definition) is 6. The van der Waals surface area contributed by atoms with Gasteiger partial charge in [0.2, 0.25) is 0 Å². The lowest BCUT2D eigenvalue weighted by molar-refractivity contribution is -0.0855. The first-order valence-electron chi connectivity index (χ1n) is 10.9. The van der Waals surface area contributed by atoms with Crippen molar-refractivity contribution in [1.82, 2.24) is 9.97 Å². The number of fused-ring (bicyclic) bond motifs is 3. The summed E-state index contributed by atoms with van der Waals surface area (Å²) < 4.78 is 13.2. The normalized spacial score (nSPS) is 26.1. The van der Waals surface area contributed by atoms with Gasteiger partial charge in [-0.25, -0.2) is 0 Å². The van der Waals surface area contributed by atoms with Crippen LogP contribution in [0.25, 0.3) is 0 Å². The van der Waals surface area contributed by atoms with E-state index in [1.165, 1.54) is 11.1 Å². The van der Waals surface area contributed by atoms with E-state index in [-0.39, 0.29) is 11.7 Å². The Morgan fingerprint density at radius 3 is 3.00 bits per heavy atom. The molecule has 2 aromatic rings. The Morgan fingerprint density at radius 2 is 2.13 bits per heavy atom. The van der Waals surface area contributed by atoms with E-state index in [0.29, 0.717) is 12.6 Å². The molecule has 0 amide bonds. The number of ether oxygens (including phenoxy) is 2. The molecule has 1 spiro atoms. The van der Waals surface area contributed by atoms with Crippen molar-refractivity contribution < 1.29 is 14.6 Å². The molecule has 0 radical (unpaired) electrons. The van der Waals surface area contributed by atoms with Gasteiger partial charge < -0.3 is 19.5 Å². The highest BCUT2D eigenvalue weighted by atomic mass is 79.9. The maximum Gasteiger partial charge on any atom is 0.318 e. The molecule has 1 N–H and O–H groups in total. The number of aromatic nitrogens is 2. The first-order valence-corrected chi connectivity index (χ1v) is 11.7. The van der Waals surface area contributed by atoms with Crippen molar-refractivity contribution in [2.45, 2.75) is 63.3 Å². The number of halogens is 1. The summed E-state index contributed by atoms with van der Waals surface area (Å²) in [5, 5.41) is 10.1. The first-order chi connectivity index (χ1) is 14.6. The number of benzene rings is 1. The van der Waals surface area contributed by atoms with Gasteiger partial charge in [-0.05, 0) is 61.8 Å². The standard InChI is InChI=1S/C23H28BrN3O3/c1-29-22-25-20-13-23(9-2-4-15-6-7-16(24)12-19(15)23)30-14-18(20)21(26-22)27-10-3-5-17(28)8-11-27/h6-7,12,17,28H,2-5,8-11,13-14H2,1H3. The van der Waals surface area contributed by atoms with Crippen LogP contribution in [0.1, 0.15) is 54.5 Å². The van der Waals surface area contributed by atoms with Gasteiger partial charge in [0.05, 0.1) is 31.1 Å². The summed E-state index contributed by atoms with van der Waals surface area (Å²) >= 11 is 3.64. The molecule has 1 saturated heterocycles. The average molecular weight is 474 g/mol. The van der Waals surface area contributed by atoms with E-state index in [9.17, 15) is 5.11 Å². The molecule has 3 aliphatic rings. The number of anilines is 1. The molecule has 7 heteroatoms. The molecule has 1 aliphatic carbocycles. The maximum atomic E-state index is 10.1. The summed E-state index contributed by atoms with van der Waals surface area (Å²) in [7, 11) is 1.62. The smallest absolute Gasteiger partial charge is 0.318 e. The van der Waals surface area contributed by atoms with Crippen LogP contribution >= 0.6 is 15.9 Å². The van der Waals surface area contributed by atoms with E-state index >= 15 is 0 Å². The number of aliphatic hydroxyl groups excluding tert-OH is 1. The molecule has 6 nitrogen and oxygen atoms in total. The number of methoxy groups -OCH3 is 1. The summed E-state index contributed by atoms with van der Waals surface area (Å²) in [5.41, 5.74) is 4.41. The van der Waals surface area contributed by atoms with Gasteiger partial charge in [-0.2, -0.15) is 9.97 Å². The molecule has 0 saturated carbocycles. The third-order valence-corrected chi connectivity index (χ3v) is 7.26. The van der Waals surface area contributed by atoms with Crippen LogP contribution in [-0.2, 0) is 29.8 Å². The second kappa shape index (κ2) is 8.09. The monoisotopic (exact) mass is 473 g/mol. The average Bonchev–Trinajstić information content (AvgIpc) is 2.98. The quantitative estimate of drug-likeness (QED) is 0.712. The van der Waals surface area contributed by atoms with Gasteiger partial charge in [0.25, 0.3) is 0 Å². The number of aryl methyl sites for hydroxylation is 1. The lowest BCUT2D eigenvalue weighted by Gasteiger charge is -2.43. The van der Waals surface area contributed by atoms with E-state index < -0.39 is 0 Å². The topological polar surface area (TPSA) is 67.7 Å². The Balaban J connectivity index is 1.54. The first kappa shape index (κ1) is 20.2. The molecule has 2 aliphatic heterocycles. The summed E-state index contributed by atoms with van der Waals surface area (Å²) in [5.74, 6) is 0.908. The minimum absolute atomic E-state index is 0.230. The van der Waals surface area contributed by atoms with Gasteiger partial charge >= 0.3 is 6.01 Å². The van der Waals surface area contributed by atoms with Crippen LogP contribution in [0.5, 0.6) is 6.01 Å². The SMILES string of the molecule is COc1nc2c(c(N3CCCC(O)CC3)n1)COC1(CCCc3ccc(Br)cc31)C2. The zero-order valence-electron chi connectivity index (χ0n) is 17.4. The third-order valence-electron chi connectivity index (χ3n) is 6.77. The zero-order valence-corrected chi connectivity index (χ0v) is 18.9. The Hall–Kier alpha value is -1.70. The summed E-state index contributed by atoms with van der Waals surface area (Å²) in [4.78, 5) is 11.7. The molecule has 5 rings (SSSR count). The molecule has 30 heavy (non-hydrogen) atoms. The van der Waals surface area contributed by atoms with Crippen molar-refractivity contribution in [2.24, 2.45) is 0 Å². The number of nitrogens with zero attached hydrogens (tertiary/aromatic N) is 3. The maximum absolute atomic E-state index is 10.1. The van der Waals surface area contributed by atoms with Gasteiger partial charge in [-0.3, -0.25) is 0 Å². The number of aliphatic hydroxyl groups is 1. The van der Waals surface area contributed by atoms with Crippen LogP contribution in [0.15, 0.2) is 22.7 Å². The van der Waals surface area contributed by atoms with Gasteiger partial charge in [0.15, 0.2) is 0 Å². The molecule has 2 atom stereocenters. The van der Waals surface area contributed by atoms with Crippen LogP contribution < -0.4 is 9.64 Å². The van der Waals surface area contributed by atoms with Crippen LogP contribution in [-0.4, -0.2) is 41.4 Å². The Labute approximate surface area is 185 Å². The molecular formula is C23H28BrN3O3. The van der Waals surface area contributed by atoms with E-state index in [1.807, 2.05) is 0 Å². The molecule has 1 fully saturated rings. The minimum atomic E-state index is -0.337. The van der Waals surface area contributed by atoms with Crippen LogP contribution in [0, 0.1) is 0 Å². The Morgan fingerprint density at radius 1 is 1.23 bits per heavy atom. The highest BCUT2D eigenvalue weighted by Gasteiger charge is 2.43. The fraction of sp³-hybridized carbons (Fsp3) is 0.565. The fourth-order valence-corrected chi connectivity index (χ4v) is 5.55. The lowest BCUT2D eigenvalue weighted by atomic mass is 9.75. The predicted octanol–water partition coefficient (Wildman–Crippen LogP) is 3.90. The number of hydrogen-bond donors (Lipinski definition) is 1. The van der Waals surface area contributed by atoms with E-state index in [2.05, 4.69) is 39.0 Å². The largest absolute Gasteiger partial charge is 0.467 e. The van der Waals surface area contributed by atoms with Gasteiger partial charge in [-0.15, -0.1) is 0 Å². The number of rotatable bonds is 2. The zero-order chi connectivity index (χ0) is 20.7. The van der Waals surface area contributed by atoms with Gasteiger partial charge in [0.1, 0.15) is 5.82 Å². The molecule has 2 unspecified atom stereocenters. The van der Waals surface area contributed by atoms with Crippen molar-refractivity contribution in [1.29, 1.82) is 0 Å². The molecule has 1 aromatic carbocycles. The minimum Gasteiger partial charge on any atom is -0.467 e. The van der Waals surface area contributed by atoms with Crippen molar-refractivity contribution in [3.8, 4) is 6.01 Å². The Kier molecular flexibility index (Phi) is 5.45. The molecule has 160 valence electrons. The summed E-state index contributed by atoms with van der Waals surface area (Å²) in [6.07, 6.45) is 6.25. The lowest BCUT2D eigenvalue weighted by Crippen LogP contribution is -2.40. The highest BCUT2D eigenvalue weighted by Crippen LogP contribution is 2.46. The second-order valence-corrected chi connectivity index (χ2v) is 9.56. The van der Waals surface area contributed by atoms with Crippen LogP contribution in [0.4, 0.5) is 5.82 Å². The summed E-state index contributed by atoms with van der Waals surface area (Å²) in [6, 6.07) is 6.96. The van der Waals surface area contributed by atoms with Gasteiger partial charge in [-0.1, -0.05) is 22.0 Å². The molecule has 3 heterocycles.